The minimum atomic E-state index is -0.558. The molecule has 0 aliphatic rings. The molecule has 21 heavy (non-hydrogen) atoms. The molecule has 0 radical (unpaired) electrons. The average molecular weight is 316 g/mol. The zero-order valence-electron chi connectivity index (χ0n) is 12.8. The average Bonchev–Trinajstić information content (AvgIpc) is 2.46. The molecular formula is C16H26ClNO3. The van der Waals surface area contributed by atoms with Gasteiger partial charge in [0.1, 0.15) is 0 Å². The number of hydrogen-bond acceptors (Lipinski definition) is 4. The van der Waals surface area contributed by atoms with Crippen molar-refractivity contribution in [3.05, 3.63) is 34.9 Å². The Bertz CT molecular complexity index is 380. The zero-order valence-corrected chi connectivity index (χ0v) is 13.6. The Balaban J connectivity index is 2.37. The van der Waals surface area contributed by atoms with E-state index in [1.165, 1.54) is 0 Å². The first-order valence-electron chi connectivity index (χ1n) is 7.45. The molecule has 0 heterocycles. The summed E-state index contributed by atoms with van der Waals surface area (Å²) < 4.78 is 5.70. The summed E-state index contributed by atoms with van der Waals surface area (Å²) in [5.41, 5.74) is 1.03. The third-order valence-electron chi connectivity index (χ3n) is 3.30. The van der Waals surface area contributed by atoms with E-state index in [9.17, 15) is 5.11 Å². The van der Waals surface area contributed by atoms with Crippen molar-refractivity contribution in [3.63, 3.8) is 0 Å². The van der Waals surface area contributed by atoms with Gasteiger partial charge in [0.25, 0.3) is 0 Å². The molecule has 0 spiro atoms. The standard InChI is InChI=1S/C16H26ClNO3/c1-3-8-18(9-10-19)11-16(20)12-21-13(2)14-4-6-15(17)7-5-14/h4-7,13,16,19-20H,3,8-12H2,1-2H3. The minimum Gasteiger partial charge on any atom is -0.395 e. The lowest BCUT2D eigenvalue weighted by Gasteiger charge is -2.24. The van der Waals surface area contributed by atoms with Crippen LogP contribution in [0.3, 0.4) is 0 Å². The van der Waals surface area contributed by atoms with Crippen molar-refractivity contribution in [3.8, 4) is 0 Å². The van der Waals surface area contributed by atoms with Crippen molar-refractivity contribution in [1.82, 2.24) is 4.90 Å². The van der Waals surface area contributed by atoms with Crippen molar-refractivity contribution < 1.29 is 14.9 Å². The molecule has 0 fully saturated rings. The Morgan fingerprint density at radius 1 is 1.24 bits per heavy atom. The van der Waals surface area contributed by atoms with Crippen LogP contribution in [0.5, 0.6) is 0 Å². The molecule has 0 saturated carbocycles. The fourth-order valence-corrected chi connectivity index (χ4v) is 2.31. The summed E-state index contributed by atoms with van der Waals surface area (Å²) in [5, 5.41) is 19.7. The molecule has 2 N–H and O–H groups in total. The molecule has 1 rings (SSSR count). The van der Waals surface area contributed by atoms with Gasteiger partial charge >= 0.3 is 0 Å². The monoisotopic (exact) mass is 315 g/mol. The van der Waals surface area contributed by atoms with Gasteiger partial charge in [-0.1, -0.05) is 30.7 Å². The smallest absolute Gasteiger partial charge is 0.0900 e. The molecule has 0 aliphatic carbocycles. The summed E-state index contributed by atoms with van der Waals surface area (Å²) in [6.45, 7) is 6.37. The maximum Gasteiger partial charge on any atom is 0.0900 e. The van der Waals surface area contributed by atoms with E-state index >= 15 is 0 Å². The molecule has 0 aromatic heterocycles. The molecule has 0 saturated heterocycles. The molecule has 1 aromatic carbocycles. The SMILES string of the molecule is CCCN(CCO)CC(O)COC(C)c1ccc(Cl)cc1. The van der Waals surface area contributed by atoms with Gasteiger partial charge in [-0.2, -0.15) is 0 Å². The van der Waals surface area contributed by atoms with Crippen molar-refractivity contribution >= 4 is 11.6 Å². The van der Waals surface area contributed by atoms with Crippen molar-refractivity contribution in [2.24, 2.45) is 0 Å². The molecule has 5 heteroatoms. The van der Waals surface area contributed by atoms with Crippen LogP contribution in [0.25, 0.3) is 0 Å². The topological polar surface area (TPSA) is 52.9 Å². The highest BCUT2D eigenvalue weighted by molar-refractivity contribution is 6.30. The first-order valence-corrected chi connectivity index (χ1v) is 7.83. The van der Waals surface area contributed by atoms with Gasteiger partial charge in [0.15, 0.2) is 0 Å². The van der Waals surface area contributed by atoms with Crippen LogP contribution in [0, 0.1) is 0 Å². The van der Waals surface area contributed by atoms with Crippen LogP contribution in [0.1, 0.15) is 31.9 Å². The van der Waals surface area contributed by atoms with Gasteiger partial charge in [-0.05, 0) is 37.6 Å². The van der Waals surface area contributed by atoms with Crippen LogP contribution >= 0.6 is 11.6 Å². The Hall–Kier alpha value is -0.650. The van der Waals surface area contributed by atoms with Crippen LogP contribution in [0.2, 0.25) is 5.02 Å². The van der Waals surface area contributed by atoms with E-state index in [1.807, 2.05) is 36.1 Å². The molecule has 1 aromatic rings. The van der Waals surface area contributed by atoms with Crippen LogP contribution in [-0.2, 0) is 4.74 Å². The maximum absolute atomic E-state index is 10.0. The maximum atomic E-state index is 10.0. The van der Waals surface area contributed by atoms with E-state index in [4.69, 9.17) is 21.4 Å². The highest BCUT2D eigenvalue weighted by atomic mass is 35.5. The van der Waals surface area contributed by atoms with Crippen molar-refractivity contribution in [1.29, 1.82) is 0 Å². The summed E-state index contributed by atoms with van der Waals surface area (Å²) in [7, 11) is 0. The molecule has 0 bridgehead atoms. The van der Waals surface area contributed by atoms with Gasteiger partial charge in [-0.15, -0.1) is 0 Å². The van der Waals surface area contributed by atoms with Gasteiger partial charge in [-0.25, -0.2) is 0 Å². The van der Waals surface area contributed by atoms with Gasteiger partial charge in [-0.3, -0.25) is 4.90 Å². The van der Waals surface area contributed by atoms with E-state index in [-0.39, 0.29) is 19.3 Å². The number of halogens is 1. The largest absolute Gasteiger partial charge is 0.395 e. The summed E-state index contributed by atoms with van der Waals surface area (Å²) >= 11 is 5.85. The third-order valence-corrected chi connectivity index (χ3v) is 3.56. The second kappa shape index (κ2) is 10.1. The highest BCUT2D eigenvalue weighted by Crippen LogP contribution is 2.19. The fourth-order valence-electron chi connectivity index (χ4n) is 2.19. The van der Waals surface area contributed by atoms with E-state index in [0.717, 1.165) is 18.5 Å². The van der Waals surface area contributed by atoms with E-state index < -0.39 is 6.10 Å². The highest BCUT2D eigenvalue weighted by Gasteiger charge is 2.13. The number of aliphatic hydroxyl groups is 2. The normalized spacial score (nSPS) is 14.4. The Kier molecular flexibility index (Phi) is 8.88. The predicted octanol–water partition coefficient (Wildman–Crippen LogP) is 2.48. The second-order valence-corrected chi connectivity index (χ2v) is 5.64. The molecular weight excluding hydrogens is 290 g/mol. The van der Waals surface area contributed by atoms with E-state index in [0.29, 0.717) is 18.1 Å². The predicted molar refractivity (Wildman–Crippen MR) is 85.6 cm³/mol. The number of ether oxygens (including phenoxy) is 1. The Labute approximate surface area is 132 Å². The van der Waals surface area contributed by atoms with E-state index in [2.05, 4.69) is 6.92 Å². The van der Waals surface area contributed by atoms with Crippen LogP contribution in [0.15, 0.2) is 24.3 Å². The summed E-state index contributed by atoms with van der Waals surface area (Å²) in [5.74, 6) is 0. The lowest BCUT2D eigenvalue weighted by atomic mass is 10.1. The van der Waals surface area contributed by atoms with Crippen molar-refractivity contribution in [2.45, 2.75) is 32.5 Å². The summed E-state index contributed by atoms with van der Waals surface area (Å²) in [6, 6.07) is 7.51. The molecule has 120 valence electrons. The molecule has 4 nitrogen and oxygen atoms in total. The lowest BCUT2D eigenvalue weighted by Crippen LogP contribution is -2.37. The Morgan fingerprint density at radius 2 is 1.90 bits per heavy atom. The molecule has 0 aliphatic heterocycles. The van der Waals surface area contributed by atoms with Crippen molar-refractivity contribution in [2.75, 3.05) is 32.8 Å². The number of hydrogen-bond donors (Lipinski definition) is 2. The first-order chi connectivity index (χ1) is 10.1. The van der Waals surface area contributed by atoms with Gasteiger partial charge in [0.05, 0.1) is 25.4 Å². The number of aliphatic hydroxyl groups excluding tert-OH is 2. The molecule has 2 atom stereocenters. The van der Waals surface area contributed by atoms with Crippen LogP contribution in [-0.4, -0.2) is 54.1 Å². The molecule has 2 unspecified atom stereocenters. The Morgan fingerprint density at radius 3 is 2.48 bits per heavy atom. The quantitative estimate of drug-likeness (QED) is 0.696. The van der Waals surface area contributed by atoms with Gasteiger partial charge in [0.2, 0.25) is 0 Å². The number of rotatable bonds is 10. The first kappa shape index (κ1) is 18.4. The van der Waals surface area contributed by atoms with Gasteiger partial charge in [0, 0.05) is 18.1 Å². The van der Waals surface area contributed by atoms with Crippen LogP contribution < -0.4 is 0 Å². The second-order valence-electron chi connectivity index (χ2n) is 5.21. The molecule has 0 amide bonds. The number of nitrogens with zero attached hydrogens (tertiary/aromatic N) is 1. The fraction of sp³-hybridized carbons (Fsp3) is 0.625. The van der Waals surface area contributed by atoms with Crippen LogP contribution in [0.4, 0.5) is 0 Å². The summed E-state index contributed by atoms with van der Waals surface area (Å²) in [4.78, 5) is 2.04. The summed E-state index contributed by atoms with van der Waals surface area (Å²) in [6.07, 6.45) is 0.349. The minimum absolute atomic E-state index is 0.0885. The zero-order chi connectivity index (χ0) is 15.7. The van der Waals surface area contributed by atoms with E-state index in [1.54, 1.807) is 0 Å². The number of benzene rings is 1. The lowest BCUT2D eigenvalue weighted by molar-refractivity contribution is -0.0170. The van der Waals surface area contributed by atoms with Gasteiger partial charge < -0.3 is 14.9 Å². The third kappa shape index (κ3) is 7.25.